The van der Waals surface area contributed by atoms with Crippen LogP contribution < -0.4 is 11.1 Å². The second-order valence-electron chi connectivity index (χ2n) is 9.79. The van der Waals surface area contributed by atoms with Crippen LogP contribution in [0.3, 0.4) is 0 Å². The molecule has 2 amide bonds. The Hall–Kier alpha value is -3.18. The largest absolute Gasteiger partial charge is 0.365 e. The predicted molar refractivity (Wildman–Crippen MR) is 123 cm³/mol. The van der Waals surface area contributed by atoms with Gasteiger partial charge in [0.2, 0.25) is 5.91 Å². The molecule has 3 N–H and O–H groups in total. The van der Waals surface area contributed by atoms with E-state index in [-0.39, 0.29) is 23.2 Å². The molecule has 0 radical (unpaired) electrons. The van der Waals surface area contributed by atoms with E-state index in [9.17, 15) is 14.9 Å². The molecule has 0 atom stereocenters. The van der Waals surface area contributed by atoms with Crippen molar-refractivity contribution in [1.82, 2.24) is 14.7 Å². The molecule has 33 heavy (non-hydrogen) atoms. The minimum absolute atomic E-state index is 0.00521. The number of nitrogens with zero attached hydrogens (tertiary/aromatic N) is 4. The molecule has 8 nitrogen and oxygen atoms in total. The van der Waals surface area contributed by atoms with Gasteiger partial charge in [-0.25, -0.2) is 0 Å². The number of rotatable bonds is 7. The molecule has 1 aliphatic heterocycles. The molecule has 2 saturated carbocycles. The van der Waals surface area contributed by atoms with Crippen LogP contribution in [-0.2, 0) is 10.3 Å². The maximum Gasteiger partial charge on any atom is 0.254 e. The number of nitrogens with one attached hydrogen (secondary N) is 1. The van der Waals surface area contributed by atoms with Crippen LogP contribution in [0.25, 0.3) is 0 Å². The van der Waals surface area contributed by atoms with Gasteiger partial charge in [-0.3, -0.25) is 14.3 Å². The van der Waals surface area contributed by atoms with E-state index in [2.05, 4.69) is 51.7 Å². The highest BCUT2D eigenvalue weighted by Gasteiger charge is 2.42. The van der Waals surface area contributed by atoms with Crippen molar-refractivity contribution in [2.75, 3.05) is 18.4 Å². The Labute approximate surface area is 193 Å². The summed E-state index contributed by atoms with van der Waals surface area (Å²) < 4.78 is 1.73. The first-order chi connectivity index (χ1) is 16.0. The Morgan fingerprint density at radius 1 is 1.18 bits per heavy atom. The smallest absolute Gasteiger partial charge is 0.254 e. The number of hydrogen-bond acceptors (Lipinski definition) is 5. The molecule has 5 rings (SSSR count). The van der Waals surface area contributed by atoms with Crippen LogP contribution in [0.1, 0.15) is 66.8 Å². The van der Waals surface area contributed by atoms with E-state index in [1.54, 1.807) is 10.9 Å². The number of likely N-dealkylation sites (tertiary alicyclic amines) is 1. The Balaban J connectivity index is 1.28. The quantitative estimate of drug-likeness (QED) is 0.678. The van der Waals surface area contributed by atoms with Crippen molar-refractivity contribution < 1.29 is 9.59 Å². The lowest BCUT2D eigenvalue weighted by Crippen LogP contribution is -2.52. The topological polar surface area (TPSA) is 117 Å². The van der Waals surface area contributed by atoms with Gasteiger partial charge in [-0.15, -0.1) is 0 Å². The average molecular weight is 447 g/mol. The zero-order valence-corrected chi connectivity index (χ0v) is 18.7. The van der Waals surface area contributed by atoms with E-state index < -0.39 is 11.4 Å². The highest BCUT2D eigenvalue weighted by molar-refractivity contribution is 6.02. The molecule has 3 fully saturated rings. The summed E-state index contributed by atoms with van der Waals surface area (Å²) in [6.07, 6.45) is 7.50. The third kappa shape index (κ3) is 4.25. The maximum atomic E-state index is 12.3. The van der Waals surface area contributed by atoms with Gasteiger partial charge in [-0.1, -0.05) is 30.3 Å². The van der Waals surface area contributed by atoms with Crippen LogP contribution in [0.15, 0.2) is 36.5 Å². The van der Waals surface area contributed by atoms with Crippen LogP contribution in [0.4, 0.5) is 5.82 Å². The zero-order valence-electron chi connectivity index (χ0n) is 18.7. The molecule has 8 heteroatoms. The molecule has 0 unspecified atom stereocenters. The van der Waals surface area contributed by atoms with Crippen molar-refractivity contribution in [3.05, 3.63) is 47.7 Å². The van der Waals surface area contributed by atoms with E-state index in [4.69, 9.17) is 5.73 Å². The normalized spacial score (nSPS) is 24.5. The summed E-state index contributed by atoms with van der Waals surface area (Å²) in [5, 5.41) is 16.9. The number of nitrogens with two attached hydrogens (primary N) is 1. The fourth-order valence-electron chi connectivity index (χ4n) is 5.28. The van der Waals surface area contributed by atoms with E-state index in [1.165, 1.54) is 18.4 Å². The average Bonchev–Trinajstić information content (AvgIpc) is 3.55. The lowest BCUT2D eigenvalue weighted by Gasteiger charge is -2.48. The van der Waals surface area contributed by atoms with Gasteiger partial charge in [-0.2, -0.15) is 10.4 Å². The summed E-state index contributed by atoms with van der Waals surface area (Å²) in [4.78, 5) is 26.8. The van der Waals surface area contributed by atoms with Crippen LogP contribution in [-0.4, -0.2) is 45.6 Å². The number of hydrogen-bond donors (Lipinski definition) is 2. The Morgan fingerprint density at radius 2 is 1.88 bits per heavy atom. The predicted octanol–water partition coefficient (Wildman–Crippen LogP) is 2.98. The number of anilines is 1. The molecular formula is C25H30N6O2. The standard InChI is InChI=1S/C25H30N6O2/c26-11-8-25(31-16-21(22(27)32)23(29-31)28-24(33)18-6-7-18)9-12-30(13-10-25)20-14-19(15-20)17-4-2-1-3-5-17/h1-5,16,18-20H,6-10,12-15H2,(H2,27,32)(H,28,29,33). The number of amides is 2. The number of piperidine rings is 1. The van der Waals surface area contributed by atoms with E-state index in [0.717, 1.165) is 38.8 Å². The van der Waals surface area contributed by atoms with Crippen molar-refractivity contribution in [2.45, 2.75) is 62.4 Å². The molecule has 2 aliphatic carbocycles. The van der Waals surface area contributed by atoms with Gasteiger partial charge in [0.25, 0.3) is 5.91 Å². The first kappa shape index (κ1) is 21.7. The van der Waals surface area contributed by atoms with Gasteiger partial charge in [0, 0.05) is 31.2 Å². The van der Waals surface area contributed by atoms with Crippen LogP contribution in [0.2, 0.25) is 0 Å². The number of nitriles is 1. The summed E-state index contributed by atoms with van der Waals surface area (Å²) in [6, 6.07) is 13.6. The molecule has 1 saturated heterocycles. The van der Waals surface area contributed by atoms with Crippen LogP contribution >= 0.6 is 0 Å². The highest BCUT2D eigenvalue weighted by Crippen LogP contribution is 2.43. The Kier molecular flexibility index (Phi) is 5.67. The van der Waals surface area contributed by atoms with Gasteiger partial charge in [0.1, 0.15) is 5.56 Å². The molecular weight excluding hydrogens is 416 g/mol. The van der Waals surface area contributed by atoms with Crippen molar-refractivity contribution >= 4 is 17.6 Å². The molecule has 3 aliphatic rings. The molecule has 1 aromatic carbocycles. The summed E-state index contributed by atoms with van der Waals surface area (Å²) in [5.74, 6) is 0.0882. The summed E-state index contributed by atoms with van der Waals surface area (Å²) in [5.41, 5.74) is 6.69. The summed E-state index contributed by atoms with van der Waals surface area (Å²) in [6.45, 7) is 1.76. The van der Waals surface area contributed by atoms with E-state index in [0.29, 0.717) is 18.4 Å². The summed E-state index contributed by atoms with van der Waals surface area (Å²) >= 11 is 0. The molecule has 2 heterocycles. The third-order valence-corrected chi connectivity index (χ3v) is 7.69. The fraction of sp³-hybridized carbons (Fsp3) is 0.520. The Morgan fingerprint density at radius 3 is 2.48 bits per heavy atom. The highest BCUT2D eigenvalue weighted by atomic mass is 16.2. The monoisotopic (exact) mass is 446 g/mol. The van der Waals surface area contributed by atoms with Crippen LogP contribution in [0.5, 0.6) is 0 Å². The van der Waals surface area contributed by atoms with Gasteiger partial charge in [0.15, 0.2) is 5.82 Å². The van der Waals surface area contributed by atoms with E-state index >= 15 is 0 Å². The number of benzene rings is 1. The number of aromatic nitrogens is 2. The Bertz CT molecular complexity index is 1070. The minimum Gasteiger partial charge on any atom is -0.365 e. The van der Waals surface area contributed by atoms with E-state index in [1.807, 2.05) is 0 Å². The van der Waals surface area contributed by atoms with Gasteiger partial charge >= 0.3 is 0 Å². The lowest BCUT2D eigenvalue weighted by molar-refractivity contribution is -0.117. The number of carbonyl (C=O) groups is 2. The second-order valence-corrected chi connectivity index (χ2v) is 9.79. The van der Waals surface area contributed by atoms with Crippen molar-refractivity contribution in [3.63, 3.8) is 0 Å². The van der Waals surface area contributed by atoms with Crippen LogP contribution in [0, 0.1) is 17.2 Å². The first-order valence-corrected chi connectivity index (χ1v) is 11.9. The fourth-order valence-corrected chi connectivity index (χ4v) is 5.28. The van der Waals surface area contributed by atoms with Gasteiger partial charge < -0.3 is 16.0 Å². The van der Waals surface area contributed by atoms with Crippen molar-refractivity contribution in [2.24, 2.45) is 11.7 Å². The zero-order chi connectivity index (χ0) is 23.0. The lowest BCUT2D eigenvalue weighted by atomic mass is 9.73. The van der Waals surface area contributed by atoms with Crippen molar-refractivity contribution in [1.29, 1.82) is 5.26 Å². The minimum atomic E-state index is -0.627. The maximum absolute atomic E-state index is 12.3. The summed E-state index contributed by atoms with van der Waals surface area (Å²) in [7, 11) is 0. The molecule has 2 aromatic rings. The molecule has 0 spiro atoms. The number of carbonyl (C=O) groups excluding carboxylic acids is 2. The SMILES string of the molecule is N#CCC1(n2cc(C(N)=O)c(NC(=O)C3CC3)n2)CCN(C2CC(c3ccccc3)C2)CC1. The number of primary amides is 1. The molecule has 0 bridgehead atoms. The van der Waals surface area contributed by atoms with Gasteiger partial charge in [-0.05, 0) is 50.0 Å². The molecule has 1 aromatic heterocycles. The molecule has 172 valence electrons. The third-order valence-electron chi connectivity index (χ3n) is 7.69. The van der Waals surface area contributed by atoms with Crippen molar-refractivity contribution in [3.8, 4) is 6.07 Å². The van der Waals surface area contributed by atoms with Gasteiger partial charge in [0.05, 0.1) is 18.0 Å². The first-order valence-electron chi connectivity index (χ1n) is 11.9. The second kappa shape index (κ2) is 8.64.